The third kappa shape index (κ3) is 2.06. The molecule has 1 unspecified atom stereocenters. The summed E-state index contributed by atoms with van der Waals surface area (Å²) in [5, 5.41) is 2.98. The van der Waals surface area contributed by atoms with Gasteiger partial charge in [0.1, 0.15) is 5.82 Å². The SMILES string of the molecule is CNC1CCN(c2ccc(F)cc2I)C1=O. The Bertz CT molecular complexity index is 424. The second-order valence-electron chi connectivity index (χ2n) is 3.72. The molecule has 5 heteroatoms. The Morgan fingerprint density at radius 3 is 2.88 bits per heavy atom. The van der Waals surface area contributed by atoms with Gasteiger partial charge < -0.3 is 10.2 Å². The molecule has 0 bridgehead atoms. The van der Waals surface area contributed by atoms with Crippen molar-refractivity contribution in [2.24, 2.45) is 0 Å². The topological polar surface area (TPSA) is 32.3 Å². The molecule has 2 rings (SSSR count). The maximum Gasteiger partial charge on any atom is 0.244 e. The molecule has 0 spiro atoms. The molecule has 86 valence electrons. The van der Waals surface area contributed by atoms with Crippen molar-refractivity contribution < 1.29 is 9.18 Å². The van der Waals surface area contributed by atoms with Gasteiger partial charge in [-0.2, -0.15) is 0 Å². The molecule has 1 saturated heterocycles. The summed E-state index contributed by atoms with van der Waals surface area (Å²) >= 11 is 2.05. The van der Waals surface area contributed by atoms with Crippen LogP contribution in [-0.4, -0.2) is 25.5 Å². The monoisotopic (exact) mass is 334 g/mol. The molecule has 0 saturated carbocycles. The zero-order valence-corrected chi connectivity index (χ0v) is 11.0. The van der Waals surface area contributed by atoms with Crippen LogP contribution in [0.5, 0.6) is 0 Å². The molecule has 1 atom stereocenters. The highest BCUT2D eigenvalue weighted by molar-refractivity contribution is 14.1. The highest BCUT2D eigenvalue weighted by atomic mass is 127. The van der Waals surface area contributed by atoms with E-state index in [9.17, 15) is 9.18 Å². The lowest BCUT2D eigenvalue weighted by Gasteiger charge is -2.18. The molecule has 1 aliphatic heterocycles. The molecule has 1 aliphatic rings. The van der Waals surface area contributed by atoms with Crippen LogP contribution in [-0.2, 0) is 4.79 Å². The van der Waals surface area contributed by atoms with Crippen LogP contribution in [0.15, 0.2) is 18.2 Å². The fourth-order valence-corrected chi connectivity index (χ4v) is 2.66. The molecule has 1 aromatic rings. The van der Waals surface area contributed by atoms with Crippen LogP contribution < -0.4 is 10.2 Å². The second kappa shape index (κ2) is 4.67. The number of hydrogen-bond acceptors (Lipinski definition) is 2. The van der Waals surface area contributed by atoms with Crippen molar-refractivity contribution in [1.82, 2.24) is 5.32 Å². The zero-order valence-electron chi connectivity index (χ0n) is 8.84. The third-order valence-electron chi connectivity index (χ3n) is 2.75. The first-order chi connectivity index (χ1) is 7.63. The van der Waals surface area contributed by atoms with Crippen molar-refractivity contribution in [2.45, 2.75) is 12.5 Å². The van der Waals surface area contributed by atoms with Crippen LogP contribution in [0.1, 0.15) is 6.42 Å². The lowest BCUT2D eigenvalue weighted by atomic mass is 10.2. The number of anilines is 1. The van der Waals surface area contributed by atoms with Gasteiger partial charge in [-0.1, -0.05) is 0 Å². The van der Waals surface area contributed by atoms with Gasteiger partial charge in [0, 0.05) is 10.1 Å². The normalized spacial score (nSPS) is 20.6. The fourth-order valence-electron chi connectivity index (χ4n) is 1.89. The number of amides is 1. The highest BCUT2D eigenvalue weighted by Crippen LogP contribution is 2.27. The zero-order chi connectivity index (χ0) is 11.7. The van der Waals surface area contributed by atoms with Gasteiger partial charge >= 0.3 is 0 Å². The number of carbonyl (C=O) groups is 1. The number of halogens is 2. The van der Waals surface area contributed by atoms with Gasteiger partial charge in [0.15, 0.2) is 0 Å². The van der Waals surface area contributed by atoms with Crippen LogP contribution in [0.4, 0.5) is 10.1 Å². The molecular formula is C11H12FIN2O. The smallest absolute Gasteiger partial charge is 0.244 e. The molecule has 0 radical (unpaired) electrons. The van der Waals surface area contributed by atoms with Crippen molar-refractivity contribution in [3.63, 3.8) is 0 Å². The van der Waals surface area contributed by atoms with E-state index in [1.54, 1.807) is 18.0 Å². The number of nitrogens with zero attached hydrogens (tertiary/aromatic N) is 1. The number of rotatable bonds is 2. The average molecular weight is 334 g/mol. The van der Waals surface area contributed by atoms with Gasteiger partial charge in [0.25, 0.3) is 0 Å². The van der Waals surface area contributed by atoms with Crippen molar-refractivity contribution >= 4 is 34.2 Å². The molecular weight excluding hydrogens is 322 g/mol. The summed E-state index contributed by atoms with van der Waals surface area (Å²) in [5.41, 5.74) is 0.796. The number of benzene rings is 1. The van der Waals surface area contributed by atoms with Crippen LogP contribution in [0, 0.1) is 9.39 Å². The van der Waals surface area contributed by atoms with E-state index in [-0.39, 0.29) is 17.8 Å². The fraction of sp³-hybridized carbons (Fsp3) is 0.364. The Balaban J connectivity index is 2.29. The Hall–Kier alpha value is -0.690. The van der Waals surface area contributed by atoms with Gasteiger partial charge in [-0.15, -0.1) is 0 Å². The average Bonchev–Trinajstić information content (AvgIpc) is 2.60. The molecule has 1 aromatic carbocycles. The van der Waals surface area contributed by atoms with E-state index in [0.717, 1.165) is 15.7 Å². The molecule has 1 N–H and O–H groups in total. The maximum absolute atomic E-state index is 13.0. The minimum absolute atomic E-state index is 0.0621. The van der Waals surface area contributed by atoms with Crippen molar-refractivity contribution in [3.05, 3.63) is 27.6 Å². The van der Waals surface area contributed by atoms with E-state index >= 15 is 0 Å². The summed E-state index contributed by atoms with van der Waals surface area (Å²) in [5.74, 6) is -0.211. The first-order valence-electron chi connectivity index (χ1n) is 5.07. The molecule has 1 fully saturated rings. The Kier molecular flexibility index (Phi) is 3.44. The summed E-state index contributed by atoms with van der Waals surface area (Å²) in [4.78, 5) is 13.7. The van der Waals surface area contributed by atoms with Crippen LogP contribution in [0.25, 0.3) is 0 Å². The van der Waals surface area contributed by atoms with Gasteiger partial charge in [0.05, 0.1) is 11.7 Å². The van der Waals surface area contributed by atoms with Gasteiger partial charge in [-0.05, 0) is 54.3 Å². The number of hydrogen-bond donors (Lipinski definition) is 1. The first-order valence-corrected chi connectivity index (χ1v) is 6.15. The molecule has 16 heavy (non-hydrogen) atoms. The number of carbonyl (C=O) groups excluding carboxylic acids is 1. The predicted molar refractivity (Wildman–Crippen MR) is 68.9 cm³/mol. The summed E-state index contributed by atoms with van der Waals surface area (Å²) in [6, 6.07) is 4.38. The van der Waals surface area contributed by atoms with Crippen molar-refractivity contribution in [2.75, 3.05) is 18.5 Å². The summed E-state index contributed by atoms with van der Waals surface area (Å²) in [6.45, 7) is 0.686. The van der Waals surface area contributed by atoms with E-state index < -0.39 is 0 Å². The van der Waals surface area contributed by atoms with E-state index in [1.807, 2.05) is 0 Å². The number of likely N-dealkylation sites (N-methyl/N-ethyl adjacent to an activating group) is 1. The first kappa shape index (κ1) is 11.8. The van der Waals surface area contributed by atoms with Crippen LogP contribution >= 0.6 is 22.6 Å². The van der Waals surface area contributed by atoms with E-state index in [1.165, 1.54) is 12.1 Å². The largest absolute Gasteiger partial charge is 0.310 e. The maximum atomic E-state index is 13.0. The van der Waals surface area contributed by atoms with E-state index in [0.29, 0.717) is 6.54 Å². The molecule has 0 aliphatic carbocycles. The van der Waals surface area contributed by atoms with E-state index in [2.05, 4.69) is 27.9 Å². The minimum Gasteiger partial charge on any atom is -0.310 e. The minimum atomic E-state index is -0.273. The Morgan fingerprint density at radius 2 is 2.31 bits per heavy atom. The summed E-state index contributed by atoms with van der Waals surface area (Å²) < 4.78 is 13.7. The van der Waals surface area contributed by atoms with E-state index in [4.69, 9.17) is 0 Å². The molecule has 0 aromatic heterocycles. The van der Waals surface area contributed by atoms with Crippen LogP contribution in [0.3, 0.4) is 0 Å². The lowest BCUT2D eigenvalue weighted by molar-refractivity contribution is -0.118. The number of nitrogens with one attached hydrogen (secondary N) is 1. The van der Waals surface area contributed by atoms with Gasteiger partial charge in [-0.25, -0.2) is 4.39 Å². The molecule has 1 heterocycles. The molecule has 1 amide bonds. The lowest BCUT2D eigenvalue weighted by Crippen LogP contribution is -2.36. The standard InChI is InChI=1S/C11H12FIN2O/c1-14-9-4-5-15(11(9)16)10-3-2-7(12)6-8(10)13/h2-3,6,9,14H,4-5H2,1H3. The summed E-state index contributed by atoms with van der Waals surface area (Å²) in [7, 11) is 1.78. The van der Waals surface area contributed by atoms with Gasteiger partial charge in [-0.3, -0.25) is 4.79 Å². The van der Waals surface area contributed by atoms with Crippen molar-refractivity contribution in [3.8, 4) is 0 Å². The highest BCUT2D eigenvalue weighted by Gasteiger charge is 2.32. The quantitative estimate of drug-likeness (QED) is 0.836. The second-order valence-corrected chi connectivity index (χ2v) is 4.88. The Labute approximate surface area is 107 Å². The molecule has 3 nitrogen and oxygen atoms in total. The Morgan fingerprint density at radius 1 is 1.56 bits per heavy atom. The third-order valence-corrected chi connectivity index (χ3v) is 3.62. The van der Waals surface area contributed by atoms with Crippen LogP contribution in [0.2, 0.25) is 0 Å². The summed E-state index contributed by atoms with van der Waals surface area (Å²) in [6.07, 6.45) is 0.794. The van der Waals surface area contributed by atoms with Crippen molar-refractivity contribution in [1.29, 1.82) is 0 Å². The van der Waals surface area contributed by atoms with Gasteiger partial charge in [0.2, 0.25) is 5.91 Å². The predicted octanol–water partition coefficient (Wildman–Crippen LogP) is 1.75.